The van der Waals surface area contributed by atoms with Crippen molar-refractivity contribution in [2.24, 2.45) is 0 Å². The van der Waals surface area contributed by atoms with E-state index in [1.54, 1.807) is 0 Å². The fourth-order valence-electron chi connectivity index (χ4n) is 2.67. The van der Waals surface area contributed by atoms with Gasteiger partial charge in [0.1, 0.15) is 5.75 Å². The number of rotatable bonds is 6. The molecule has 2 rings (SSSR count). The predicted molar refractivity (Wildman–Crippen MR) is 76.2 cm³/mol. The molecule has 0 spiro atoms. The average molecular weight is 247 g/mol. The van der Waals surface area contributed by atoms with Crippen molar-refractivity contribution in [1.82, 2.24) is 5.32 Å². The third kappa shape index (κ3) is 3.26. The van der Waals surface area contributed by atoms with Gasteiger partial charge in [0.05, 0.1) is 6.61 Å². The summed E-state index contributed by atoms with van der Waals surface area (Å²) in [6.07, 6.45) is 7.45. The maximum Gasteiger partial charge on any atom is 0.122 e. The van der Waals surface area contributed by atoms with Crippen LogP contribution in [0, 0.1) is 0 Å². The van der Waals surface area contributed by atoms with Gasteiger partial charge in [0.15, 0.2) is 0 Å². The molecule has 0 fully saturated rings. The van der Waals surface area contributed by atoms with E-state index < -0.39 is 0 Å². The molecule has 1 N–H and O–H groups in total. The van der Waals surface area contributed by atoms with Gasteiger partial charge in [-0.2, -0.15) is 0 Å². The molecule has 0 bridgehead atoms. The molecule has 1 unspecified atom stereocenters. The van der Waals surface area contributed by atoms with Gasteiger partial charge in [-0.1, -0.05) is 38.3 Å². The van der Waals surface area contributed by atoms with E-state index in [-0.39, 0.29) is 0 Å². The third-order valence-electron chi connectivity index (χ3n) is 3.78. The Labute approximate surface area is 111 Å². The summed E-state index contributed by atoms with van der Waals surface area (Å²) in [5.41, 5.74) is 2.80. The van der Waals surface area contributed by atoms with Crippen LogP contribution >= 0.6 is 0 Å². The highest BCUT2D eigenvalue weighted by Gasteiger charge is 2.14. The first-order valence-corrected chi connectivity index (χ1v) is 7.28. The van der Waals surface area contributed by atoms with E-state index in [4.69, 9.17) is 4.74 Å². The number of hydrogen-bond acceptors (Lipinski definition) is 2. The normalized spacial score (nSPS) is 15.9. The minimum absolute atomic E-state index is 0.490. The van der Waals surface area contributed by atoms with Gasteiger partial charge in [-0.05, 0) is 43.5 Å². The topological polar surface area (TPSA) is 21.3 Å². The Morgan fingerprint density at radius 1 is 1.33 bits per heavy atom. The largest absolute Gasteiger partial charge is 0.493 e. The second kappa shape index (κ2) is 6.79. The lowest BCUT2D eigenvalue weighted by atomic mass is 9.96. The van der Waals surface area contributed by atoms with Crippen LogP contribution in [0.5, 0.6) is 5.75 Å². The van der Waals surface area contributed by atoms with E-state index in [1.165, 1.54) is 36.8 Å². The second-order valence-corrected chi connectivity index (χ2v) is 5.16. The number of aryl methyl sites for hydroxylation is 1. The van der Waals surface area contributed by atoms with Crippen LogP contribution in [0.2, 0.25) is 0 Å². The summed E-state index contributed by atoms with van der Waals surface area (Å²) in [7, 11) is 2.06. The lowest BCUT2D eigenvalue weighted by Crippen LogP contribution is -2.17. The van der Waals surface area contributed by atoms with E-state index in [1.807, 2.05) is 0 Å². The monoisotopic (exact) mass is 247 g/mol. The van der Waals surface area contributed by atoms with Crippen LogP contribution in [0.25, 0.3) is 0 Å². The smallest absolute Gasteiger partial charge is 0.122 e. The number of benzene rings is 1. The first kappa shape index (κ1) is 13.4. The first-order valence-electron chi connectivity index (χ1n) is 7.28. The molecule has 1 aromatic carbocycles. The standard InChI is InChI=1S/C16H25NO/c1-3-4-5-8-15(17-2)13-9-10-16-14(12-13)7-6-11-18-16/h9-10,12,15,17H,3-8,11H2,1-2H3. The maximum absolute atomic E-state index is 5.67. The minimum Gasteiger partial charge on any atom is -0.493 e. The highest BCUT2D eigenvalue weighted by atomic mass is 16.5. The zero-order valence-corrected chi connectivity index (χ0v) is 11.7. The molecule has 0 aliphatic carbocycles. The Morgan fingerprint density at radius 3 is 3.00 bits per heavy atom. The molecule has 2 heteroatoms. The Hall–Kier alpha value is -1.02. The molecule has 0 amide bonds. The molecule has 100 valence electrons. The molecule has 1 heterocycles. The molecule has 0 radical (unpaired) electrons. The molecule has 18 heavy (non-hydrogen) atoms. The summed E-state index contributed by atoms with van der Waals surface area (Å²) < 4.78 is 5.67. The first-order chi connectivity index (χ1) is 8.85. The van der Waals surface area contributed by atoms with Crippen LogP contribution < -0.4 is 10.1 Å². The van der Waals surface area contributed by atoms with Crippen molar-refractivity contribution in [3.05, 3.63) is 29.3 Å². The van der Waals surface area contributed by atoms with Crippen LogP contribution in [-0.2, 0) is 6.42 Å². The number of ether oxygens (including phenoxy) is 1. The molecule has 2 nitrogen and oxygen atoms in total. The summed E-state index contributed by atoms with van der Waals surface area (Å²) in [5.74, 6) is 1.09. The molecular weight excluding hydrogens is 222 g/mol. The number of hydrogen-bond donors (Lipinski definition) is 1. The maximum atomic E-state index is 5.67. The van der Waals surface area contributed by atoms with E-state index in [0.29, 0.717) is 6.04 Å². The van der Waals surface area contributed by atoms with E-state index in [9.17, 15) is 0 Å². The summed E-state index contributed by atoms with van der Waals surface area (Å²) in [6.45, 7) is 3.13. The van der Waals surface area contributed by atoms with Gasteiger partial charge in [-0.25, -0.2) is 0 Å². The third-order valence-corrected chi connectivity index (χ3v) is 3.78. The van der Waals surface area contributed by atoms with Crippen molar-refractivity contribution >= 4 is 0 Å². The van der Waals surface area contributed by atoms with Gasteiger partial charge < -0.3 is 10.1 Å². The Balaban J connectivity index is 2.05. The molecule has 1 atom stereocenters. The summed E-state index contributed by atoms with van der Waals surface area (Å²) in [5, 5.41) is 3.44. The molecule has 0 saturated heterocycles. The van der Waals surface area contributed by atoms with Gasteiger partial charge in [0.25, 0.3) is 0 Å². The number of nitrogens with one attached hydrogen (secondary N) is 1. The van der Waals surface area contributed by atoms with E-state index >= 15 is 0 Å². The average Bonchev–Trinajstić information content (AvgIpc) is 2.43. The predicted octanol–water partition coefficient (Wildman–Crippen LogP) is 3.85. The number of fused-ring (bicyclic) bond motifs is 1. The highest BCUT2D eigenvalue weighted by Crippen LogP contribution is 2.29. The molecule has 0 aromatic heterocycles. The van der Waals surface area contributed by atoms with Gasteiger partial charge >= 0.3 is 0 Å². The lowest BCUT2D eigenvalue weighted by Gasteiger charge is -2.21. The molecule has 0 saturated carbocycles. The molecule has 1 aliphatic rings. The van der Waals surface area contributed by atoms with Crippen LogP contribution in [0.1, 0.15) is 56.2 Å². The second-order valence-electron chi connectivity index (χ2n) is 5.16. The van der Waals surface area contributed by atoms with Crippen molar-refractivity contribution in [3.8, 4) is 5.75 Å². The van der Waals surface area contributed by atoms with E-state index in [0.717, 1.165) is 25.2 Å². The number of unbranched alkanes of at least 4 members (excludes halogenated alkanes) is 2. The van der Waals surface area contributed by atoms with Crippen LogP contribution in [0.3, 0.4) is 0 Å². The van der Waals surface area contributed by atoms with Gasteiger partial charge in [-0.15, -0.1) is 0 Å². The Morgan fingerprint density at radius 2 is 2.22 bits per heavy atom. The van der Waals surface area contributed by atoms with Crippen LogP contribution in [0.15, 0.2) is 18.2 Å². The zero-order chi connectivity index (χ0) is 12.8. The van der Waals surface area contributed by atoms with Crippen molar-refractivity contribution in [2.45, 2.75) is 51.5 Å². The zero-order valence-electron chi connectivity index (χ0n) is 11.7. The SMILES string of the molecule is CCCCCC(NC)c1ccc2c(c1)CCCO2. The van der Waals surface area contributed by atoms with Crippen LogP contribution in [-0.4, -0.2) is 13.7 Å². The van der Waals surface area contributed by atoms with Gasteiger partial charge in [0.2, 0.25) is 0 Å². The minimum atomic E-state index is 0.490. The fourth-order valence-corrected chi connectivity index (χ4v) is 2.67. The van der Waals surface area contributed by atoms with Crippen molar-refractivity contribution in [3.63, 3.8) is 0 Å². The van der Waals surface area contributed by atoms with Gasteiger partial charge in [0, 0.05) is 6.04 Å². The van der Waals surface area contributed by atoms with E-state index in [2.05, 4.69) is 37.5 Å². The fraction of sp³-hybridized carbons (Fsp3) is 0.625. The van der Waals surface area contributed by atoms with Crippen LogP contribution in [0.4, 0.5) is 0 Å². The van der Waals surface area contributed by atoms with Crippen molar-refractivity contribution < 1.29 is 4.74 Å². The lowest BCUT2D eigenvalue weighted by molar-refractivity contribution is 0.288. The van der Waals surface area contributed by atoms with Gasteiger partial charge in [-0.3, -0.25) is 0 Å². The molecule has 1 aromatic rings. The summed E-state index contributed by atoms with van der Waals surface area (Å²) >= 11 is 0. The quantitative estimate of drug-likeness (QED) is 0.771. The summed E-state index contributed by atoms with van der Waals surface area (Å²) in [6, 6.07) is 7.19. The Bertz CT molecular complexity index is 375. The molecule has 1 aliphatic heterocycles. The van der Waals surface area contributed by atoms with Crippen molar-refractivity contribution in [2.75, 3.05) is 13.7 Å². The highest BCUT2D eigenvalue weighted by molar-refractivity contribution is 5.39. The van der Waals surface area contributed by atoms with Crippen molar-refractivity contribution in [1.29, 1.82) is 0 Å². The Kier molecular flexibility index (Phi) is 5.06. The summed E-state index contributed by atoms with van der Waals surface area (Å²) in [4.78, 5) is 0. The molecular formula is C16H25NO.